The van der Waals surface area contributed by atoms with Gasteiger partial charge in [0.1, 0.15) is 5.69 Å². The predicted octanol–water partition coefficient (Wildman–Crippen LogP) is 2.56. The molecular weight excluding hydrogens is 259 g/mol. The summed E-state index contributed by atoms with van der Waals surface area (Å²) < 4.78 is 37.9. The monoisotopic (exact) mass is 265 g/mol. The summed E-state index contributed by atoms with van der Waals surface area (Å²) in [5, 5.41) is 23.1. The maximum absolute atomic E-state index is 12.6. The Morgan fingerprint density at radius 3 is 2.06 bits per heavy atom. The maximum atomic E-state index is 12.6. The van der Waals surface area contributed by atoms with Crippen LogP contribution >= 0.6 is 0 Å². The summed E-state index contributed by atoms with van der Waals surface area (Å²) in [5.41, 5.74) is -4.25. The Morgan fingerprint density at radius 1 is 1.17 bits per heavy atom. The second-order valence-electron chi connectivity index (χ2n) is 3.15. The number of nitrogens with one attached hydrogen (secondary N) is 1. The lowest BCUT2D eigenvalue weighted by Crippen LogP contribution is -2.11. The molecule has 7 nitrogen and oxygen atoms in total. The lowest BCUT2D eigenvalue weighted by Gasteiger charge is -2.12. The molecule has 10 heteroatoms. The van der Waals surface area contributed by atoms with Gasteiger partial charge in [0, 0.05) is 13.1 Å². The van der Waals surface area contributed by atoms with Gasteiger partial charge in [0.15, 0.2) is 0 Å². The molecule has 0 amide bonds. The lowest BCUT2D eigenvalue weighted by molar-refractivity contribution is -0.394. The van der Waals surface area contributed by atoms with Crippen molar-refractivity contribution in [3.63, 3.8) is 0 Å². The molecule has 1 aromatic rings. The van der Waals surface area contributed by atoms with Crippen molar-refractivity contribution in [2.45, 2.75) is 6.18 Å². The number of halogens is 3. The average molecular weight is 265 g/mol. The van der Waals surface area contributed by atoms with Gasteiger partial charge >= 0.3 is 6.18 Å². The summed E-state index contributed by atoms with van der Waals surface area (Å²) >= 11 is 0. The third-order valence-corrected chi connectivity index (χ3v) is 2.07. The largest absolute Gasteiger partial charge is 0.418 e. The van der Waals surface area contributed by atoms with Crippen LogP contribution < -0.4 is 5.32 Å². The van der Waals surface area contributed by atoms with Gasteiger partial charge in [-0.25, -0.2) is 0 Å². The van der Waals surface area contributed by atoms with Crippen molar-refractivity contribution in [2.24, 2.45) is 0 Å². The smallest absolute Gasteiger partial charge is 0.382 e. The molecule has 0 unspecified atom stereocenters. The van der Waals surface area contributed by atoms with Crippen LogP contribution in [0, 0.1) is 20.2 Å². The molecule has 0 bridgehead atoms. The summed E-state index contributed by atoms with van der Waals surface area (Å²) in [6.45, 7) is 0. The minimum absolute atomic E-state index is 0.249. The minimum Gasteiger partial charge on any atom is -0.382 e. The number of nitro benzene ring substituents is 2. The second kappa shape index (κ2) is 4.47. The van der Waals surface area contributed by atoms with E-state index in [9.17, 15) is 33.4 Å². The van der Waals surface area contributed by atoms with Crippen LogP contribution in [0.5, 0.6) is 0 Å². The normalized spacial score (nSPS) is 11.1. The Bertz CT molecular complexity index is 515. The number of nitro groups is 2. The molecular formula is C8H6F3N3O4. The van der Waals surface area contributed by atoms with Gasteiger partial charge in [-0.1, -0.05) is 0 Å². The highest BCUT2D eigenvalue weighted by atomic mass is 19.4. The first-order valence-electron chi connectivity index (χ1n) is 4.40. The Labute approximate surface area is 97.5 Å². The molecule has 0 atom stereocenters. The number of rotatable bonds is 3. The fourth-order valence-electron chi connectivity index (χ4n) is 1.35. The standard InChI is InChI=1S/C8H6F3N3O4/c1-12-7-5(8(9,10)11)2-4(13(15)16)3-6(7)14(17)18/h2-3,12H,1H3. The van der Waals surface area contributed by atoms with Crippen LogP contribution in [-0.2, 0) is 6.18 Å². The van der Waals surface area contributed by atoms with Gasteiger partial charge in [-0.3, -0.25) is 20.2 Å². The quantitative estimate of drug-likeness (QED) is 0.668. The van der Waals surface area contributed by atoms with Crippen LogP contribution in [-0.4, -0.2) is 16.9 Å². The summed E-state index contributed by atoms with van der Waals surface area (Å²) in [4.78, 5) is 18.8. The summed E-state index contributed by atoms with van der Waals surface area (Å²) in [5.74, 6) is 0. The molecule has 18 heavy (non-hydrogen) atoms. The van der Waals surface area contributed by atoms with Crippen molar-refractivity contribution in [2.75, 3.05) is 12.4 Å². The van der Waals surface area contributed by atoms with E-state index in [4.69, 9.17) is 0 Å². The van der Waals surface area contributed by atoms with Crippen molar-refractivity contribution >= 4 is 17.1 Å². The van der Waals surface area contributed by atoms with Crippen LogP contribution in [0.4, 0.5) is 30.2 Å². The topological polar surface area (TPSA) is 98.3 Å². The number of alkyl halides is 3. The number of non-ortho nitro benzene ring substituents is 1. The molecule has 0 aromatic heterocycles. The fourth-order valence-corrected chi connectivity index (χ4v) is 1.35. The zero-order valence-corrected chi connectivity index (χ0v) is 8.82. The molecule has 0 spiro atoms. The van der Waals surface area contributed by atoms with Crippen molar-refractivity contribution in [1.29, 1.82) is 0 Å². The molecule has 1 aromatic carbocycles. The SMILES string of the molecule is CNc1c([N+](=O)[O-])cc([N+](=O)[O-])cc1C(F)(F)F. The summed E-state index contributed by atoms with van der Waals surface area (Å²) in [7, 11) is 1.06. The van der Waals surface area contributed by atoms with Crippen molar-refractivity contribution in [3.8, 4) is 0 Å². The van der Waals surface area contributed by atoms with Gasteiger partial charge in [-0.2, -0.15) is 13.2 Å². The second-order valence-corrected chi connectivity index (χ2v) is 3.15. The third kappa shape index (κ3) is 2.47. The highest BCUT2D eigenvalue weighted by Crippen LogP contribution is 2.42. The molecule has 0 aliphatic rings. The average Bonchev–Trinajstić information content (AvgIpc) is 2.25. The zero-order chi connectivity index (χ0) is 14.1. The minimum atomic E-state index is -4.94. The van der Waals surface area contributed by atoms with Gasteiger partial charge in [0.05, 0.1) is 21.5 Å². The van der Waals surface area contributed by atoms with Crippen LogP contribution in [0.25, 0.3) is 0 Å². The fraction of sp³-hybridized carbons (Fsp3) is 0.250. The van der Waals surface area contributed by atoms with Gasteiger partial charge in [-0.15, -0.1) is 0 Å². The van der Waals surface area contributed by atoms with E-state index in [1.54, 1.807) is 0 Å². The van der Waals surface area contributed by atoms with E-state index >= 15 is 0 Å². The molecule has 0 aliphatic heterocycles. The third-order valence-electron chi connectivity index (χ3n) is 2.07. The van der Waals surface area contributed by atoms with Gasteiger partial charge in [0.25, 0.3) is 11.4 Å². The summed E-state index contributed by atoms with van der Waals surface area (Å²) in [6, 6.07) is 0.722. The molecule has 0 saturated heterocycles. The molecule has 1 rings (SSSR count). The van der Waals surface area contributed by atoms with Crippen LogP contribution in [0.3, 0.4) is 0 Å². The number of benzene rings is 1. The van der Waals surface area contributed by atoms with Crippen LogP contribution in [0.1, 0.15) is 5.56 Å². The number of hydrogen-bond acceptors (Lipinski definition) is 5. The molecule has 1 N–H and O–H groups in total. The van der Waals surface area contributed by atoms with E-state index in [0.29, 0.717) is 6.07 Å². The number of hydrogen-bond donors (Lipinski definition) is 1. The zero-order valence-electron chi connectivity index (χ0n) is 8.82. The summed E-state index contributed by atoms with van der Waals surface area (Å²) in [6.07, 6.45) is -4.94. The van der Waals surface area contributed by atoms with E-state index in [0.717, 1.165) is 7.05 Å². The predicted molar refractivity (Wildman–Crippen MR) is 54.3 cm³/mol. The number of anilines is 1. The molecule has 0 saturated carbocycles. The molecule has 0 aliphatic carbocycles. The van der Waals surface area contributed by atoms with Crippen molar-refractivity contribution in [3.05, 3.63) is 37.9 Å². The molecule has 0 radical (unpaired) electrons. The van der Waals surface area contributed by atoms with Gasteiger partial charge in [0.2, 0.25) is 0 Å². The van der Waals surface area contributed by atoms with E-state index in [2.05, 4.69) is 0 Å². The van der Waals surface area contributed by atoms with E-state index in [1.807, 2.05) is 5.32 Å². The van der Waals surface area contributed by atoms with Gasteiger partial charge in [-0.05, 0) is 0 Å². The number of nitrogens with zero attached hydrogens (tertiary/aromatic N) is 2. The first-order chi connectivity index (χ1) is 8.18. The van der Waals surface area contributed by atoms with Crippen molar-refractivity contribution < 1.29 is 23.0 Å². The Kier molecular flexibility index (Phi) is 3.39. The van der Waals surface area contributed by atoms with E-state index < -0.39 is 38.6 Å². The lowest BCUT2D eigenvalue weighted by atomic mass is 10.1. The Hall–Kier alpha value is -2.39. The van der Waals surface area contributed by atoms with E-state index in [-0.39, 0.29) is 6.07 Å². The molecule has 0 heterocycles. The highest BCUT2D eigenvalue weighted by Gasteiger charge is 2.39. The first-order valence-corrected chi connectivity index (χ1v) is 4.40. The Morgan fingerprint density at radius 2 is 1.72 bits per heavy atom. The van der Waals surface area contributed by atoms with E-state index in [1.165, 1.54) is 0 Å². The van der Waals surface area contributed by atoms with Crippen LogP contribution in [0.15, 0.2) is 12.1 Å². The molecule has 98 valence electrons. The molecule has 0 fully saturated rings. The first kappa shape index (κ1) is 13.7. The van der Waals surface area contributed by atoms with Crippen molar-refractivity contribution in [1.82, 2.24) is 0 Å². The maximum Gasteiger partial charge on any atom is 0.418 e. The highest BCUT2D eigenvalue weighted by molar-refractivity contribution is 5.70. The van der Waals surface area contributed by atoms with Gasteiger partial charge < -0.3 is 5.32 Å². The van der Waals surface area contributed by atoms with Crippen LogP contribution in [0.2, 0.25) is 0 Å². The Balaban J connectivity index is 3.67.